The molecule has 0 amide bonds. The molecule has 0 aliphatic carbocycles. The summed E-state index contributed by atoms with van der Waals surface area (Å²) in [5.74, 6) is 0. The summed E-state index contributed by atoms with van der Waals surface area (Å²) in [6, 6.07) is 10.5. The lowest BCUT2D eigenvalue weighted by Crippen LogP contribution is -1.93. The lowest BCUT2D eigenvalue weighted by molar-refractivity contribution is 0.681. The minimum absolute atomic E-state index is 0.834. The van der Waals surface area contributed by atoms with Gasteiger partial charge < -0.3 is 0 Å². The Labute approximate surface area is 99.6 Å². The van der Waals surface area contributed by atoms with Crippen LogP contribution in [0.2, 0.25) is 0 Å². The molecule has 0 spiro atoms. The van der Waals surface area contributed by atoms with Crippen molar-refractivity contribution >= 4 is 5.71 Å². The minimum Gasteiger partial charge on any atom is -0.290 e. The van der Waals surface area contributed by atoms with Crippen molar-refractivity contribution in [1.29, 1.82) is 0 Å². The van der Waals surface area contributed by atoms with Crippen LogP contribution in [-0.2, 0) is 6.54 Å². The molecule has 0 fully saturated rings. The van der Waals surface area contributed by atoms with Gasteiger partial charge in [-0.2, -0.15) is 0 Å². The molecule has 0 atom stereocenters. The fraction of sp³-hybridized carbons (Fsp3) is 0.533. The van der Waals surface area contributed by atoms with Crippen molar-refractivity contribution in [3.63, 3.8) is 0 Å². The highest BCUT2D eigenvalue weighted by Gasteiger charge is 1.93. The van der Waals surface area contributed by atoms with Gasteiger partial charge in [-0.05, 0) is 25.3 Å². The van der Waals surface area contributed by atoms with E-state index in [1.54, 1.807) is 0 Å². The third kappa shape index (κ3) is 5.69. The Kier molecular flexibility index (Phi) is 6.55. The second kappa shape index (κ2) is 8.09. The Hall–Kier alpha value is -1.11. The van der Waals surface area contributed by atoms with Crippen molar-refractivity contribution in [2.75, 3.05) is 0 Å². The van der Waals surface area contributed by atoms with Gasteiger partial charge >= 0.3 is 0 Å². The predicted molar refractivity (Wildman–Crippen MR) is 72.0 cm³/mol. The molecule has 0 saturated carbocycles. The maximum Gasteiger partial charge on any atom is 0.0638 e. The highest BCUT2D eigenvalue weighted by molar-refractivity contribution is 5.81. The third-order valence-corrected chi connectivity index (χ3v) is 2.77. The maximum atomic E-state index is 4.61. The first-order valence-electron chi connectivity index (χ1n) is 6.36. The number of unbranched alkanes of at least 4 members (excludes halogenated alkanes) is 3. The van der Waals surface area contributed by atoms with E-state index in [2.05, 4.69) is 43.1 Å². The quantitative estimate of drug-likeness (QED) is 0.467. The number of aliphatic imine (C=N–C) groups is 1. The fourth-order valence-electron chi connectivity index (χ4n) is 1.70. The van der Waals surface area contributed by atoms with Crippen molar-refractivity contribution in [1.82, 2.24) is 0 Å². The summed E-state index contributed by atoms with van der Waals surface area (Å²) in [4.78, 5) is 4.61. The topological polar surface area (TPSA) is 12.4 Å². The number of benzene rings is 1. The van der Waals surface area contributed by atoms with E-state index >= 15 is 0 Å². The molecule has 0 radical (unpaired) electrons. The van der Waals surface area contributed by atoms with Gasteiger partial charge in [0.25, 0.3) is 0 Å². The van der Waals surface area contributed by atoms with E-state index in [-0.39, 0.29) is 0 Å². The van der Waals surface area contributed by atoms with Crippen molar-refractivity contribution < 1.29 is 0 Å². The van der Waals surface area contributed by atoms with Crippen LogP contribution < -0.4 is 0 Å². The molecule has 1 nitrogen and oxygen atoms in total. The lowest BCUT2D eigenvalue weighted by atomic mass is 10.1. The Morgan fingerprint density at radius 3 is 2.50 bits per heavy atom. The van der Waals surface area contributed by atoms with E-state index in [0.717, 1.165) is 13.0 Å². The molecule has 0 saturated heterocycles. The standard InChI is InChI=1S/C15H23N/c1-3-4-5-7-10-14(2)16-13-15-11-8-6-9-12-15/h6,8-9,11-12H,3-5,7,10,13H2,1-2H3. The van der Waals surface area contributed by atoms with Gasteiger partial charge in [0.1, 0.15) is 0 Å². The molecule has 1 aromatic rings. The molecule has 1 heteroatoms. The van der Waals surface area contributed by atoms with Crippen LogP contribution >= 0.6 is 0 Å². The van der Waals surface area contributed by atoms with Crippen LogP contribution in [0.1, 0.15) is 51.5 Å². The van der Waals surface area contributed by atoms with Crippen LogP contribution in [0.3, 0.4) is 0 Å². The second-order valence-corrected chi connectivity index (χ2v) is 4.35. The van der Waals surface area contributed by atoms with Gasteiger partial charge in [0.2, 0.25) is 0 Å². The third-order valence-electron chi connectivity index (χ3n) is 2.77. The van der Waals surface area contributed by atoms with Crippen LogP contribution in [0.5, 0.6) is 0 Å². The summed E-state index contributed by atoms with van der Waals surface area (Å²) in [6.07, 6.45) is 6.45. The number of nitrogens with zero attached hydrogens (tertiary/aromatic N) is 1. The van der Waals surface area contributed by atoms with Gasteiger partial charge in [-0.25, -0.2) is 0 Å². The zero-order valence-corrected chi connectivity index (χ0v) is 10.6. The summed E-state index contributed by atoms with van der Waals surface area (Å²) in [5, 5.41) is 0. The Morgan fingerprint density at radius 2 is 1.81 bits per heavy atom. The molecule has 0 N–H and O–H groups in total. The molecular formula is C15H23N. The summed E-state index contributed by atoms with van der Waals surface area (Å²) in [7, 11) is 0. The van der Waals surface area contributed by atoms with E-state index in [1.807, 2.05) is 6.07 Å². The Bertz CT molecular complexity index is 300. The lowest BCUT2D eigenvalue weighted by Gasteiger charge is -2.01. The van der Waals surface area contributed by atoms with Gasteiger partial charge in [0.05, 0.1) is 6.54 Å². The molecule has 1 aromatic carbocycles. The molecule has 0 bridgehead atoms. The SMILES string of the molecule is CCCCCCC(C)=NCc1ccccc1. The monoisotopic (exact) mass is 217 g/mol. The largest absolute Gasteiger partial charge is 0.290 e. The van der Waals surface area contributed by atoms with E-state index in [1.165, 1.54) is 37.0 Å². The van der Waals surface area contributed by atoms with Crippen molar-refractivity contribution in [2.45, 2.75) is 52.5 Å². The van der Waals surface area contributed by atoms with E-state index in [9.17, 15) is 0 Å². The van der Waals surface area contributed by atoms with Crippen LogP contribution in [-0.4, -0.2) is 5.71 Å². The summed E-state index contributed by atoms with van der Waals surface area (Å²) in [6.45, 7) is 5.23. The number of rotatable bonds is 7. The van der Waals surface area contributed by atoms with Crippen LogP contribution in [0.4, 0.5) is 0 Å². The first-order valence-corrected chi connectivity index (χ1v) is 6.36. The average Bonchev–Trinajstić information content (AvgIpc) is 2.33. The molecule has 0 aliphatic rings. The zero-order valence-electron chi connectivity index (χ0n) is 10.6. The Balaban J connectivity index is 2.23. The highest BCUT2D eigenvalue weighted by Crippen LogP contribution is 2.05. The average molecular weight is 217 g/mol. The maximum absolute atomic E-state index is 4.61. The van der Waals surface area contributed by atoms with Gasteiger partial charge in [-0.3, -0.25) is 4.99 Å². The normalized spacial score (nSPS) is 11.8. The first kappa shape index (κ1) is 13.0. The molecule has 1 rings (SSSR count). The van der Waals surface area contributed by atoms with Crippen molar-refractivity contribution in [3.8, 4) is 0 Å². The van der Waals surface area contributed by atoms with Gasteiger partial charge in [0.15, 0.2) is 0 Å². The summed E-state index contributed by atoms with van der Waals surface area (Å²) >= 11 is 0. The second-order valence-electron chi connectivity index (χ2n) is 4.35. The van der Waals surface area contributed by atoms with Crippen LogP contribution in [0.25, 0.3) is 0 Å². The van der Waals surface area contributed by atoms with Crippen LogP contribution in [0.15, 0.2) is 35.3 Å². The minimum atomic E-state index is 0.834. The molecule has 16 heavy (non-hydrogen) atoms. The smallest absolute Gasteiger partial charge is 0.0638 e. The Morgan fingerprint density at radius 1 is 1.06 bits per heavy atom. The molecule has 0 aliphatic heterocycles. The van der Waals surface area contributed by atoms with Gasteiger partial charge in [0, 0.05) is 5.71 Å². The molecule has 0 heterocycles. The van der Waals surface area contributed by atoms with Crippen molar-refractivity contribution in [2.24, 2.45) is 4.99 Å². The predicted octanol–water partition coefficient (Wildman–Crippen LogP) is 4.62. The highest BCUT2D eigenvalue weighted by atomic mass is 14.7. The molecule has 0 unspecified atom stereocenters. The van der Waals surface area contributed by atoms with Gasteiger partial charge in [-0.15, -0.1) is 0 Å². The summed E-state index contributed by atoms with van der Waals surface area (Å²) < 4.78 is 0. The molecule has 88 valence electrons. The fourth-order valence-corrected chi connectivity index (χ4v) is 1.70. The van der Waals surface area contributed by atoms with Gasteiger partial charge in [-0.1, -0.05) is 56.5 Å². The number of hydrogen-bond acceptors (Lipinski definition) is 1. The van der Waals surface area contributed by atoms with E-state index in [4.69, 9.17) is 0 Å². The first-order chi connectivity index (χ1) is 7.83. The van der Waals surface area contributed by atoms with E-state index in [0.29, 0.717) is 0 Å². The van der Waals surface area contributed by atoms with E-state index < -0.39 is 0 Å². The van der Waals surface area contributed by atoms with Crippen LogP contribution in [0, 0.1) is 0 Å². The molecule has 0 aromatic heterocycles. The molecular weight excluding hydrogens is 194 g/mol. The zero-order chi connectivity index (χ0) is 11.6. The summed E-state index contributed by atoms with van der Waals surface area (Å²) in [5.41, 5.74) is 2.59. The van der Waals surface area contributed by atoms with Crippen molar-refractivity contribution in [3.05, 3.63) is 35.9 Å². The number of hydrogen-bond donors (Lipinski definition) is 0.